The summed E-state index contributed by atoms with van der Waals surface area (Å²) in [6.45, 7) is 3.55. The fraction of sp³-hybridized carbons (Fsp3) is 0.292. The van der Waals surface area contributed by atoms with Crippen LogP contribution in [0, 0.1) is 6.92 Å². The van der Waals surface area contributed by atoms with Gasteiger partial charge in [-0.1, -0.05) is 48.4 Å². The molecule has 3 aromatic rings. The lowest BCUT2D eigenvalue weighted by atomic mass is 10.0. The second kappa shape index (κ2) is 9.34. The Morgan fingerprint density at radius 1 is 0.968 bits per heavy atom. The molecule has 4 rings (SSSR count). The summed E-state index contributed by atoms with van der Waals surface area (Å²) < 4.78 is 27.1. The highest BCUT2D eigenvalue weighted by Crippen LogP contribution is 2.28. The molecule has 0 aliphatic carbocycles. The van der Waals surface area contributed by atoms with E-state index in [-0.39, 0.29) is 5.91 Å². The highest BCUT2D eigenvalue weighted by atomic mass is 32.2. The van der Waals surface area contributed by atoms with E-state index in [2.05, 4.69) is 5.32 Å². The molecule has 1 saturated heterocycles. The van der Waals surface area contributed by atoms with Crippen molar-refractivity contribution in [2.24, 2.45) is 0 Å². The van der Waals surface area contributed by atoms with Crippen LogP contribution >= 0.6 is 11.3 Å². The van der Waals surface area contributed by atoms with Crippen LogP contribution in [0.1, 0.15) is 40.1 Å². The van der Waals surface area contributed by atoms with Gasteiger partial charge in [-0.25, -0.2) is 8.42 Å². The Hall–Kier alpha value is -2.48. The van der Waals surface area contributed by atoms with Crippen molar-refractivity contribution >= 4 is 27.3 Å². The molecule has 0 spiro atoms. The molecule has 0 saturated carbocycles. The number of rotatable bonds is 6. The van der Waals surface area contributed by atoms with Crippen LogP contribution in [-0.4, -0.2) is 31.7 Å². The van der Waals surface area contributed by atoms with Gasteiger partial charge in [-0.15, -0.1) is 11.3 Å². The fourth-order valence-electron chi connectivity index (χ4n) is 3.74. The monoisotopic (exact) mass is 454 g/mol. The first-order chi connectivity index (χ1) is 14.9. The van der Waals surface area contributed by atoms with Crippen LogP contribution in [0.3, 0.4) is 0 Å². The van der Waals surface area contributed by atoms with Crippen molar-refractivity contribution in [2.45, 2.75) is 37.6 Å². The van der Waals surface area contributed by atoms with Gasteiger partial charge in [0, 0.05) is 25.2 Å². The quantitative estimate of drug-likeness (QED) is 0.580. The Morgan fingerprint density at radius 3 is 2.32 bits per heavy atom. The van der Waals surface area contributed by atoms with Gasteiger partial charge >= 0.3 is 0 Å². The third-order valence-electron chi connectivity index (χ3n) is 5.56. The summed E-state index contributed by atoms with van der Waals surface area (Å²) in [6, 6.07) is 16.9. The number of sulfonamides is 1. The maximum absolute atomic E-state index is 12.8. The van der Waals surface area contributed by atoms with Gasteiger partial charge in [0.25, 0.3) is 5.91 Å². The van der Waals surface area contributed by atoms with Gasteiger partial charge < -0.3 is 5.32 Å². The molecule has 31 heavy (non-hydrogen) atoms. The van der Waals surface area contributed by atoms with Crippen molar-refractivity contribution < 1.29 is 13.2 Å². The number of carbonyl (C=O) groups is 1. The SMILES string of the molecule is Cc1ccc(-c2ccsc2C(=O)NCc2ccc(S(=O)(=O)N3CCCCC3)cc2)cc1. The van der Waals surface area contributed by atoms with Crippen LogP contribution in [0.5, 0.6) is 0 Å². The number of amides is 1. The molecule has 1 N–H and O–H groups in total. The zero-order valence-electron chi connectivity index (χ0n) is 17.5. The highest BCUT2D eigenvalue weighted by Gasteiger charge is 2.25. The zero-order chi connectivity index (χ0) is 21.8. The van der Waals surface area contributed by atoms with E-state index in [0.717, 1.165) is 36.0 Å². The number of aryl methyl sites for hydroxylation is 1. The number of thiophene rings is 1. The van der Waals surface area contributed by atoms with E-state index in [1.807, 2.05) is 42.6 Å². The molecule has 1 fully saturated rings. The van der Waals surface area contributed by atoms with E-state index >= 15 is 0 Å². The summed E-state index contributed by atoms with van der Waals surface area (Å²) in [6.07, 6.45) is 2.91. The van der Waals surface area contributed by atoms with Gasteiger partial charge in [0.05, 0.1) is 9.77 Å². The molecular weight excluding hydrogens is 428 g/mol. The molecule has 2 aromatic carbocycles. The molecule has 0 unspecified atom stereocenters. The number of hydrogen-bond acceptors (Lipinski definition) is 4. The van der Waals surface area contributed by atoms with Gasteiger partial charge in [-0.2, -0.15) is 4.31 Å². The van der Waals surface area contributed by atoms with Crippen molar-refractivity contribution in [1.82, 2.24) is 9.62 Å². The molecule has 2 heterocycles. The predicted octanol–water partition coefficient (Wildman–Crippen LogP) is 4.83. The molecule has 1 amide bonds. The summed E-state index contributed by atoms with van der Waals surface area (Å²) in [5, 5.41) is 4.88. The van der Waals surface area contributed by atoms with Crippen molar-refractivity contribution in [3.05, 3.63) is 76.0 Å². The van der Waals surface area contributed by atoms with Crippen molar-refractivity contribution in [2.75, 3.05) is 13.1 Å². The molecule has 5 nitrogen and oxygen atoms in total. The molecule has 0 bridgehead atoms. The van der Waals surface area contributed by atoms with Gasteiger partial charge in [0.1, 0.15) is 0 Å². The summed E-state index contributed by atoms with van der Waals surface area (Å²) in [5.74, 6) is -0.129. The molecule has 0 atom stereocenters. The smallest absolute Gasteiger partial charge is 0.262 e. The Bertz CT molecular complexity index is 1140. The van der Waals surface area contributed by atoms with Gasteiger partial charge in [0.2, 0.25) is 10.0 Å². The normalized spacial score (nSPS) is 15.0. The number of hydrogen-bond donors (Lipinski definition) is 1. The maximum Gasteiger partial charge on any atom is 0.262 e. The standard InChI is InChI=1S/C24H26N2O3S2/c1-18-5-9-20(10-6-18)22-13-16-30-23(22)24(27)25-17-19-7-11-21(12-8-19)31(28,29)26-14-3-2-4-15-26/h5-13,16H,2-4,14-15,17H2,1H3,(H,25,27). The topological polar surface area (TPSA) is 66.5 Å². The summed E-state index contributed by atoms with van der Waals surface area (Å²) in [4.78, 5) is 13.8. The molecule has 7 heteroatoms. The Kier molecular flexibility index (Phi) is 6.55. The van der Waals surface area contributed by atoms with E-state index in [1.54, 1.807) is 28.6 Å². The Labute approximate surface area is 187 Å². The third kappa shape index (κ3) is 4.89. The fourth-order valence-corrected chi connectivity index (χ4v) is 6.09. The van der Waals surface area contributed by atoms with Crippen molar-refractivity contribution in [3.8, 4) is 11.1 Å². The number of benzene rings is 2. The van der Waals surface area contributed by atoms with Crippen molar-refractivity contribution in [1.29, 1.82) is 0 Å². The van der Waals surface area contributed by atoms with Crippen LogP contribution in [-0.2, 0) is 16.6 Å². The Balaban J connectivity index is 1.42. The van der Waals surface area contributed by atoms with Crippen LogP contribution in [0.4, 0.5) is 0 Å². The minimum Gasteiger partial charge on any atom is -0.347 e. The lowest BCUT2D eigenvalue weighted by Gasteiger charge is -2.25. The largest absolute Gasteiger partial charge is 0.347 e. The lowest BCUT2D eigenvalue weighted by Crippen LogP contribution is -2.35. The highest BCUT2D eigenvalue weighted by molar-refractivity contribution is 7.89. The second-order valence-corrected chi connectivity index (χ2v) is 10.7. The van der Waals surface area contributed by atoms with Crippen LogP contribution in [0.25, 0.3) is 11.1 Å². The zero-order valence-corrected chi connectivity index (χ0v) is 19.1. The molecule has 0 radical (unpaired) electrons. The van der Waals surface area contributed by atoms with E-state index in [4.69, 9.17) is 0 Å². The van der Waals surface area contributed by atoms with Crippen LogP contribution < -0.4 is 5.32 Å². The van der Waals surface area contributed by atoms with Gasteiger partial charge in [-0.3, -0.25) is 4.79 Å². The lowest BCUT2D eigenvalue weighted by molar-refractivity contribution is 0.0955. The molecule has 1 aliphatic rings. The van der Waals surface area contributed by atoms with Gasteiger partial charge in [0.15, 0.2) is 0 Å². The number of carbonyl (C=O) groups excluding carboxylic acids is 1. The summed E-state index contributed by atoms with van der Waals surface area (Å²) in [7, 11) is -3.44. The first kappa shape index (κ1) is 21.7. The minimum absolute atomic E-state index is 0.129. The first-order valence-electron chi connectivity index (χ1n) is 10.5. The minimum atomic E-state index is -3.44. The summed E-state index contributed by atoms with van der Waals surface area (Å²) in [5.41, 5.74) is 3.98. The number of piperidine rings is 1. The maximum atomic E-state index is 12.8. The van der Waals surface area contributed by atoms with Crippen molar-refractivity contribution in [3.63, 3.8) is 0 Å². The van der Waals surface area contributed by atoms with E-state index < -0.39 is 10.0 Å². The molecular formula is C24H26N2O3S2. The molecule has 1 aromatic heterocycles. The summed E-state index contributed by atoms with van der Waals surface area (Å²) >= 11 is 1.42. The van der Waals surface area contributed by atoms with Gasteiger partial charge in [-0.05, 0) is 54.5 Å². The first-order valence-corrected chi connectivity index (χ1v) is 12.8. The van der Waals surface area contributed by atoms with E-state index in [1.165, 1.54) is 16.9 Å². The third-order valence-corrected chi connectivity index (χ3v) is 8.39. The van der Waals surface area contributed by atoms with Crippen LogP contribution in [0.15, 0.2) is 64.9 Å². The Morgan fingerprint density at radius 2 is 1.65 bits per heavy atom. The molecule has 1 aliphatic heterocycles. The second-order valence-electron chi connectivity index (χ2n) is 7.82. The van der Waals surface area contributed by atoms with Crippen LogP contribution in [0.2, 0.25) is 0 Å². The van der Waals surface area contributed by atoms with E-state index in [9.17, 15) is 13.2 Å². The molecule has 162 valence electrons. The average Bonchev–Trinajstić information content (AvgIpc) is 3.29. The van der Waals surface area contributed by atoms with E-state index in [0.29, 0.717) is 29.4 Å². The predicted molar refractivity (Wildman–Crippen MR) is 125 cm³/mol. The number of nitrogens with one attached hydrogen (secondary N) is 1. The average molecular weight is 455 g/mol. The number of nitrogens with zero attached hydrogens (tertiary/aromatic N) is 1.